The molecule has 0 bridgehead atoms. The largest absolute Gasteiger partial charge is 0.462 e. The molecular formula is C27H23ClN4O7S. The van der Waals surface area contributed by atoms with Crippen molar-refractivity contribution in [3.8, 4) is 0 Å². The number of hydrogen-bond acceptors (Lipinski definition) is 8. The number of primary sulfonamides is 1. The first-order valence-electron chi connectivity index (χ1n) is 11.9. The predicted octanol–water partition coefficient (Wildman–Crippen LogP) is 3.59. The molecule has 3 aromatic carbocycles. The molecule has 0 unspecified atom stereocenters. The Kier molecular flexibility index (Phi) is 8.33. The van der Waals surface area contributed by atoms with Crippen molar-refractivity contribution in [3.05, 3.63) is 94.7 Å². The highest BCUT2D eigenvalue weighted by Gasteiger charge is 2.39. The van der Waals surface area contributed by atoms with E-state index in [1.54, 1.807) is 12.1 Å². The number of nitrogens with zero attached hydrogens (tertiary/aromatic N) is 1. The van der Waals surface area contributed by atoms with Gasteiger partial charge in [0.05, 0.1) is 22.8 Å². The molecule has 0 saturated carbocycles. The zero-order chi connectivity index (χ0) is 29.0. The lowest BCUT2D eigenvalue weighted by atomic mass is 10.1. The lowest BCUT2D eigenvalue weighted by Crippen LogP contribution is -2.32. The van der Waals surface area contributed by atoms with Crippen LogP contribution in [-0.4, -0.2) is 38.7 Å². The van der Waals surface area contributed by atoms with Crippen LogP contribution in [0.25, 0.3) is 0 Å². The fourth-order valence-corrected chi connectivity index (χ4v) is 4.44. The lowest BCUT2D eigenvalue weighted by molar-refractivity contribution is -0.120. The van der Waals surface area contributed by atoms with E-state index < -0.39 is 33.7 Å². The van der Waals surface area contributed by atoms with Crippen molar-refractivity contribution >= 4 is 62.4 Å². The van der Waals surface area contributed by atoms with Crippen molar-refractivity contribution in [1.29, 1.82) is 0 Å². The fraction of sp³-hybridized carbons (Fsp3) is 0.111. The van der Waals surface area contributed by atoms with Gasteiger partial charge in [-0.3, -0.25) is 14.4 Å². The summed E-state index contributed by atoms with van der Waals surface area (Å²) in [4.78, 5) is 51.8. The highest BCUT2D eigenvalue weighted by atomic mass is 35.5. The normalized spacial score (nSPS) is 13.4. The molecule has 206 valence electrons. The van der Waals surface area contributed by atoms with E-state index in [-0.39, 0.29) is 39.0 Å². The highest BCUT2D eigenvalue weighted by molar-refractivity contribution is 7.89. The SMILES string of the molecule is CCCOC(=O)c1cccc(N2C(=O)C(Cl)=C(Nc3cccc(C(=O)Nc4ccc(S(N)(=O)=O)cc4)c3)C2=O)c1. The third kappa shape index (κ3) is 6.20. The first kappa shape index (κ1) is 28.5. The molecule has 1 aliphatic heterocycles. The lowest BCUT2D eigenvalue weighted by Gasteiger charge is -2.16. The molecule has 1 aliphatic rings. The summed E-state index contributed by atoms with van der Waals surface area (Å²) >= 11 is 6.23. The van der Waals surface area contributed by atoms with Crippen LogP contribution in [0.15, 0.2) is 88.4 Å². The van der Waals surface area contributed by atoms with E-state index in [4.69, 9.17) is 21.5 Å². The van der Waals surface area contributed by atoms with Gasteiger partial charge in [0.25, 0.3) is 17.7 Å². The van der Waals surface area contributed by atoms with Crippen LogP contribution in [0.4, 0.5) is 17.1 Å². The Morgan fingerprint density at radius 1 is 0.925 bits per heavy atom. The summed E-state index contributed by atoms with van der Waals surface area (Å²) in [6, 6.07) is 17.3. The average Bonchev–Trinajstić information content (AvgIpc) is 3.14. The molecule has 0 atom stereocenters. The summed E-state index contributed by atoms with van der Waals surface area (Å²) in [5.74, 6) is -2.64. The standard InChI is InChI=1S/C27H23ClN4O7S/c1-2-13-39-27(36)17-6-4-8-20(15-17)32-25(34)22(28)23(26(32)35)30-19-7-3-5-16(14-19)24(33)31-18-9-11-21(12-10-18)40(29,37)38/h3-12,14-15,30H,2,13H2,1H3,(H,31,33)(H2,29,37,38). The van der Waals surface area contributed by atoms with Crippen LogP contribution in [0.2, 0.25) is 0 Å². The monoisotopic (exact) mass is 582 g/mol. The maximum Gasteiger partial charge on any atom is 0.338 e. The first-order valence-corrected chi connectivity index (χ1v) is 13.8. The number of imide groups is 1. The average molecular weight is 583 g/mol. The van der Waals surface area contributed by atoms with Gasteiger partial charge in [-0.15, -0.1) is 0 Å². The third-order valence-electron chi connectivity index (χ3n) is 5.64. The van der Waals surface area contributed by atoms with E-state index in [2.05, 4.69) is 10.6 Å². The van der Waals surface area contributed by atoms with E-state index in [1.807, 2.05) is 6.92 Å². The number of amides is 3. The number of ether oxygens (including phenoxy) is 1. The topological polar surface area (TPSA) is 165 Å². The number of halogens is 1. The fourth-order valence-electron chi connectivity index (χ4n) is 3.71. The molecule has 0 spiro atoms. The van der Waals surface area contributed by atoms with Gasteiger partial charge in [0.15, 0.2) is 0 Å². The van der Waals surface area contributed by atoms with Gasteiger partial charge in [0.1, 0.15) is 10.7 Å². The van der Waals surface area contributed by atoms with Gasteiger partial charge in [-0.2, -0.15) is 0 Å². The Labute approximate surface area is 234 Å². The number of carbonyl (C=O) groups is 4. The summed E-state index contributed by atoms with van der Waals surface area (Å²) in [5, 5.41) is 10.2. The van der Waals surface area contributed by atoms with Gasteiger partial charge in [0.2, 0.25) is 10.0 Å². The van der Waals surface area contributed by atoms with Crippen LogP contribution in [0.5, 0.6) is 0 Å². The second kappa shape index (κ2) is 11.7. The minimum absolute atomic E-state index is 0.102. The van der Waals surface area contributed by atoms with Gasteiger partial charge in [-0.05, 0) is 67.1 Å². The summed E-state index contributed by atoms with van der Waals surface area (Å²) in [7, 11) is -3.87. The Hall–Kier alpha value is -4.52. The predicted molar refractivity (Wildman–Crippen MR) is 148 cm³/mol. The van der Waals surface area contributed by atoms with Crippen molar-refractivity contribution in [2.75, 3.05) is 22.1 Å². The Balaban J connectivity index is 1.50. The number of esters is 1. The minimum Gasteiger partial charge on any atom is -0.462 e. The quantitative estimate of drug-likeness (QED) is 0.254. The number of anilines is 3. The molecule has 3 aromatic rings. The number of nitrogens with one attached hydrogen (secondary N) is 2. The molecule has 1 heterocycles. The van der Waals surface area contributed by atoms with E-state index in [1.165, 1.54) is 60.7 Å². The van der Waals surface area contributed by atoms with Crippen LogP contribution in [0.1, 0.15) is 34.1 Å². The van der Waals surface area contributed by atoms with Crippen LogP contribution < -0.4 is 20.7 Å². The smallest absolute Gasteiger partial charge is 0.338 e. The first-order chi connectivity index (χ1) is 19.0. The van der Waals surface area contributed by atoms with Crippen molar-refractivity contribution < 1.29 is 32.3 Å². The van der Waals surface area contributed by atoms with Gasteiger partial charge in [-0.1, -0.05) is 30.7 Å². The summed E-state index contributed by atoms with van der Waals surface area (Å²) in [6.07, 6.45) is 0.639. The molecule has 4 N–H and O–H groups in total. The second-order valence-electron chi connectivity index (χ2n) is 8.55. The zero-order valence-corrected chi connectivity index (χ0v) is 22.6. The molecule has 0 saturated heterocycles. The van der Waals surface area contributed by atoms with Crippen LogP contribution in [0, 0.1) is 0 Å². The number of carbonyl (C=O) groups excluding carboxylic acids is 4. The van der Waals surface area contributed by atoms with E-state index >= 15 is 0 Å². The van der Waals surface area contributed by atoms with E-state index in [0.717, 1.165) is 4.90 Å². The highest BCUT2D eigenvalue weighted by Crippen LogP contribution is 2.31. The van der Waals surface area contributed by atoms with Crippen LogP contribution >= 0.6 is 11.6 Å². The molecule has 0 fully saturated rings. The molecule has 13 heteroatoms. The number of sulfonamides is 1. The van der Waals surface area contributed by atoms with Gasteiger partial charge in [-0.25, -0.2) is 23.3 Å². The van der Waals surface area contributed by atoms with Gasteiger partial charge >= 0.3 is 5.97 Å². The molecule has 0 aliphatic carbocycles. The van der Waals surface area contributed by atoms with Crippen LogP contribution in [-0.2, 0) is 24.3 Å². The third-order valence-corrected chi connectivity index (χ3v) is 6.92. The number of nitrogens with two attached hydrogens (primary N) is 1. The second-order valence-corrected chi connectivity index (χ2v) is 10.5. The summed E-state index contributed by atoms with van der Waals surface area (Å²) < 4.78 is 27.9. The van der Waals surface area contributed by atoms with Crippen molar-refractivity contribution in [3.63, 3.8) is 0 Å². The maximum absolute atomic E-state index is 13.2. The van der Waals surface area contributed by atoms with Crippen LogP contribution in [0.3, 0.4) is 0 Å². The van der Waals surface area contributed by atoms with E-state index in [0.29, 0.717) is 17.8 Å². The Bertz CT molecular complexity index is 1650. The van der Waals surface area contributed by atoms with Crippen molar-refractivity contribution in [1.82, 2.24) is 0 Å². The molecule has 3 amide bonds. The Morgan fingerprint density at radius 3 is 2.27 bits per heavy atom. The van der Waals surface area contributed by atoms with Gasteiger partial charge in [0, 0.05) is 16.9 Å². The molecule has 4 rings (SSSR count). The molecule has 0 radical (unpaired) electrons. The van der Waals surface area contributed by atoms with Crippen molar-refractivity contribution in [2.24, 2.45) is 5.14 Å². The van der Waals surface area contributed by atoms with E-state index in [9.17, 15) is 27.6 Å². The molecule has 0 aromatic heterocycles. The molecular weight excluding hydrogens is 560 g/mol. The van der Waals surface area contributed by atoms with Crippen molar-refractivity contribution in [2.45, 2.75) is 18.2 Å². The number of benzene rings is 3. The zero-order valence-electron chi connectivity index (χ0n) is 21.0. The Morgan fingerprint density at radius 2 is 1.60 bits per heavy atom. The van der Waals surface area contributed by atoms with Gasteiger partial charge < -0.3 is 15.4 Å². The molecule has 40 heavy (non-hydrogen) atoms. The number of hydrogen-bond donors (Lipinski definition) is 3. The number of rotatable bonds is 9. The minimum atomic E-state index is -3.87. The summed E-state index contributed by atoms with van der Waals surface area (Å²) in [5.41, 5.74) is 0.922. The summed E-state index contributed by atoms with van der Waals surface area (Å²) in [6.45, 7) is 2.08. The molecule has 11 nitrogen and oxygen atoms in total. The maximum atomic E-state index is 13.2.